The van der Waals surface area contributed by atoms with E-state index in [-0.39, 0.29) is 38.9 Å². The van der Waals surface area contributed by atoms with Crippen molar-refractivity contribution in [1.29, 1.82) is 0 Å². The number of nitrogens with one attached hydrogen (secondary N) is 2. The maximum Gasteiger partial charge on any atom is 0.297 e. The van der Waals surface area contributed by atoms with Crippen LogP contribution in [0.4, 0.5) is 34.1 Å². The van der Waals surface area contributed by atoms with Gasteiger partial charge in [0.25, 0.3) is 72.5 Å². The van der Waals surface area contributed by atoms with Gasteiger partial charge in [-0.15, -0.1) is 10.2 Å². The van der Waals surface area contributed by atoms with Gasteiger partial charge in [0.15, 0.2) is 0 Å². The molecule has 0 saturated carbocycles. The number of hydrogen-bond acceptors (Lipinski definition) is 24. The van der Waals surface area contributed by atoms with Crippen molar-refractivity contribution in [3.8, 4) is 0 Å². The highest BCUT2D eigenvalue weighted by Crippen LogP contribution is 2.38. The molecule has 0 radical (unpaired) electrons. The predicted octanol–water partition coefficient (Wildman–Crippen LogP) is 13.4. The van der Waals surface area contributed by atoms with Crippen LogP contribution < -0.4 is 10.6 Å². The number of benzene rings is 10. The van der Waals surface area contributed by atoms with E-state index in [1.54, 1.807) is 42.5 Å². The average molecular weight is 1460 g/mol. The Balaban J connectivity index is 0.000000288. The van der Waals surface area contributed by atoms with Crippen molar-refractivity contribution in [2.24, 2.45) is 20.5 Å². The topological polar surface area (TPSA) is 368 Å². The van der Waals surface area contributed by atoms with E-state index in [0.29, 0.717) is 27.6 Å². The van der Waals surface area contributed by atoms with Crippen LogP contribution in [0.3, 0.4) is 0 Å². The zero-order chi connectivity index (χ0) is 72.8. The standard InChI is InChI=1S/C31H27N3O10S3.C27H19N3O.3C2H6O3S.C2H6/c1-19-5-7-20(8-6-19)31(35)32-28-13-14-29(27-17-23(10-12-26(27)28)45(36,37)42-2)34-33-22-9-11-25-21(15-22)16-24(46(38,39)43-3)18-30(25)47(40,41)44-4;31-27(20-9-2-1-3-10-20)28-25-16-17-26(24-13-7-6-12-23(24)25)30-29-22-15-14-19-8-4-5-11-21(19)18-22;3*1-5-6(2,3)4;1-2/h5-18H,1-4H3,(H,32,35);1-18H,(H,28,31);3*1-2H3;1-2H3. The molecule has 0 aliphatic rings. The summed E-state index contributed by atoms with van der Waals surface area (Å²) in [5, 5.41) is 28.6. The highest BCUT2D eigenvalue weighted by atomic mass is 32.2. The molecule has 0 bridgehead atoms. The number of carbonyl (C=O) groups is 2. The molecule has 0 spiro atoms. The molecule has 10 aromatic rings. The minimum absolute atomic E-state index is 0.142. The molecule has 26 nitrogen and oxygen atoms in total. The van der Waals surface area contributed by atoms with Crippen molar-refractivity contribution in [3.05, 3.63) is 211 Å². The van der Waals surface area contributed by atoms with Crippen LogP contribution in [0.5, 0.6) is 0 Å². The first-order valence-electron chi connectivity index (χ1n) is 28.6. The first kappa shape index (κ1) is 79.5. The molecule has 0 aliphatic carbocycles. The Morgan fingerprint density at radius 3 is 1.24 bits per heavy atom. The molecule has 98 heavy (non-hydrogen) atoms. The summed E-state index contributed by atoms with van der Waals surface area (Å²) in [5.74, 6) is -0.522. The fourth-order valence-electron chi connectivity index (χ4n) is 8.28. The zero-order valence-corrected chi connectivity index (χ0v) is 59.8. The molecule has 0 atom stereocenters. The third kappa shape index (κ3) is 23.3. The Morgan fingerprint density at radius 1 is 0.337 bits per heavy atom. The van der Waals surface area contributed by atoms with Gasteiger partial charge in [0.05, 0.1) is 94.0 Å². The molecular weight excluding hydrogens is 1390 g/mol. The lowest BCUT2D eigenvalue weighted by molar-refractivity contribution is 0.101. The number of fused-ring (bicyclic) bond motifs is 4. The summed E-state index contributed by atoms with van der Waals surface area (Å²) in [4.78, 5) is 24.6. The van der Waals surface area contributed by atoms with Gasteiger partial charge in [0.1, 0.15) is 4.90 Å². The van der Waals surface area contributed by atoms with E-state index in [1.807, 2.05) is 106 Å². The molecule has 520 valence electrons. The van der Waals surface area contributed by atoms with Gasteiger partial charge >= 0.3 is 0 Å². The van der Waals surface area contributed by atoms with Crippen LogP contribution in [0.1, 0.15) is 40.1 Å². The largest absolute Gasteiger partial charge is 0.321 e. The molecule has 0 saturated heterocycles. The van der Waals surface area contributed by atoms with E-state index in [4.69, 9.17) is 0 Å². The molecule has 32 heteroatoms. The third-order valence-electron chi connectivity index (χ3n) is 13.3. The number of azo groups is 2. The number of aryl methyl sites for hydroxylation is 1. The molecule has 10 rings (SSSR count). The molecule has 0 aliphatic heterocycles. The van der Waals surface area contributed by atoms with Gasteiger partial charge in [-0.3, -0.25) is 34.7 Å². The van der Waals surface area contributed by atoms with Gasteiger partial charge in [-0.25, -0.2) is 0 Å². The van der Waals surface area contributed by atoms with E-state index in [2.05, 4.69) is 68.3 Å². The SMILES string of the molecule is CC.COS(=O)(=O)c1cc(S(=O)(=O)OC)c2ccc(N=Nc3ccc(NC(=O)c4ccc(C)cc4)c4ccc(S(=O)(=O)OC)cc34)cc2c1.COS(C)(=O)=O.COS(C)(=O)=O.COS(C)(=O)=O.O=C(Nc1ccc(N=Nc2ccc3ccccc3c2)c2ccccc12)c1ccccc1. The van der Waals surface area contributed by atoms with E-state index >= 15 is 0 Å². The van der Waals surface area contributed by atoms with E-state index in [0.717, 1.165) is 106 Å². The Hall–Kier alpha value is -9.16. The van der Waals surface area contributed by atoms with Gasteiger partial charge in [-0.1, -0.05) is 116 Å². The van der Waals surface area contributed by atoms with Gasteiger partial charge in [0.2, 0.25) is 0 Å². The van der Waals surface area contributed by atoms with Crippen LogP contribution in [-0.4, -0.2) is 124 Å². The van der Waals surface area contributed by atoms with E-state index < -0.39 is 70.5 Å². The third-order valence-corrected chi connectivity index (χ3v) is 18.9. The zero-order valence-electron chi connectivity index (χ0n) is 54.9. The fourth-order valence-corrected chi connectivity index (χ4v) is 10.7. The number of carbonyl (C=O) groups excluding carboxylic acids is 2. The Kier molecular flexibility index (Phi) is 28.7. The lowest BCUT2D eigenvalue weighted by atomic mass is 10.1. The maximum atomic E-state index is 13.0. The Morgan fingerprint density at radius 2 is 0.745 bits per heavy atom. The summed E-state index contributed by atoms with van der Waals surface area (Å²) in [6, 6.07) is 55.8. The first-order chi connectivity index (χ1) is 46.1. The minimum Gasteiger partial charge on any atom is -0.321 e. The normalized spacial score (nSPS) is 11.8. The summed E-state index contributed by atoms with van der Waals surface area (Å²) in [7, 11) is -15.9. The molecular formula is C66H70N6O20S6. The quantitative estimate of drug-likeness (QED) is 0.0631. The second-order valence-electron chi connectivity index (χ2n) is 19.9. The second-order valence-corrected chi connectivity index (χ2v) is 30.2. The molecule has 2 N–H and O–H groups in total. The van der Waals surface area contributed by atoms with E-state index in [1.165, 1.54) is 53.9 Å². The summed E-state index contributed by atoms with van der Waals surface area (Å²) < 4.78 is 160. The smallest absolute Gasteiger partial charge is 0.297 e. The number of amides is 2. The molecule has 10 aromatic carbocycles. The number of anilines is 2. The van der Waals surface area contributed by atoms with Gasteiger partial charge in [0, 0.05) is 49.4 Å². The highest BCUT2D eigenvalue weighted by molar-refractivity contribution is 7.88. The first-order valence-corrected chi connectivity index (χ1v) is 38.2. The summed E-state index contributed by atoms with van der Waals surface area (Å²) in [5.41, 5.74) is 5.13. The maximum absolute atomic E-state index is 13.0. The van der Waals surface area contributed by atoms with Crippen molar-refractivity contribution in [2.45, 2.75) is 35.5 Å². The lowest BCUT2D eigenvalue weighted by Crippen LogP contribution is -2.12. The average Bonchev–Trinajstić information content (AvgIpc) is 0.778. The minimum atomic E-state index is -4.32. The van der Waals surface area contributed by atoms with Gasteiger partial charge in [-0.05, 0) is 120 Å². The molecule has 2 amide bonds. The molecule has 0 fully saturated rings. The number of rotatable bonds is 17. The van der Waals surface area contributed by atoms with Gasteiger partial charge < -0.3 is 10.6 Å². The Labute approximate surface area is 570 Å². The monoisotopic (exact) mass is 1460 g/mol. The van der Waals surface area contributed by atoms with Crippen LogP contribution in [0, 0.1) is 6.92 Å². The Bertz CT molecular complexity index is 5200. The van der Waals surface area contributed by atoms with Crippen molar-refractivity contribution < 1.29 is 85.2 Å². The molecule has 0 heterocycles. The molecule has 0 aromatic heterocycles. The van der Waals surface area contributed by atoms with Crippen LogP contribution in [0.15, 0.2) is 229 Å². The predicted molar refractivity (Wildman–Crippen MR) is 377 cm³/mol. The van der Waals surface area contributed by atoms with Crippen LogP contribution >= 0.6 is 0 Å². The van der Waals surface area contributed by atoms with Crippen molar-refractivity contribution >= 4 is 150 Å². The van der Waals surface area contributed by atoms with Crippen molar-refractivity contribution in [2.75, 3.05) is 72.1 Å². The molecule has 0 unspecified atom stereocenters. The summed E-state index contributed by atoms with van der Waals surface area (Å²) in [6.45, 7) is 5.90. The highest BCUT2D eigenvalue weighted by Gasteiger charge is 2.24. The summed E-state index contributed by atoms with van der Waals surface area (Å²) >= 11 is 0. The van der Waals surface area contributed by atoms with Crippen LogP contribution in [0.25, 0.3) is 43.1 Å². The van der Waals surface area contributed by atoms with Crippen LogP contribution in [0.2, 0.25) is 0 Å². The number of nitrogens with zero attached hydrogens (tertiary/aromatic N) is 4. The van der Waals surface area contributed by atoms with Crippen molar-refractivity contribution in [3.63, 3.8) is 0 Å². The fraction of sp³-hybridized carbons (Fsp3) is 0.182. The lowest BCUT2D eigenvalue weighted by Gasteiger charge is -2.12. The van der Waals surface area contributed by atoms with Gasteiger partial charge in [-0.2, -0.15) is 60.7 Å². The van der Waals surface area contributed by atoms with E-state index in [9.17, 15) is 60.1 Å². The van der Waals surface area contributed by atoms with Crippen LogP contribution in [-0.2, 0) is 85.8 Å². The van der Waals surface area contributed by atoms with Crippen molar-refractivity contribution in [1.82, 2.24) is 0 Å². The number of hydrogen-bond donors (Lipinski definition) is 2. The second kappa shape index (κ2) is 35.4. The summed E-state index contributed by atoms with van der Waals surface area (Å²) in [6.07, 6.45) is 2.98.